The highest BCUT2D eigenvalue weighted by Gasteiger charge is 2.14. The quantitative estimate of drug-likeness (QED) is 0.173. The second-order valence-electron chi connectivity index (χ2n) is 6.59. The molecule has 0 spiro atoms. The Bertz CT molecular complexity index is 523. The van der Waals surface area contributed by atoms with Crippen molar-refractivity contribution in [3.63, 3.8) is 0 Å². The molecule has 0 aromatic heterocycles. The van der Waals surface area contributed by atoms with Crippen molar-refractivity contribution in [3.8, 4) is 5.75 Å². The van der Waals surface area contributed by atoms with Gasteiger partial charge in [-0.25, -0.2) is 0 Å². The molecule has 0 saturated heterocycles. The van der Waals surface area contributed by atoms with E-state index in [9.17, 15) is 10.1 Å². The number of aliphatic hydroxyl groups is 1. The van der Waals surface area contributed by atoms with Crippen molar-refractivity contribution in [3.05, 3.63) is 31.9 Å². The van der Waals surface area contributed by atoms with Gasteiger partial charge in [-0.2, -0.15) is 0 Å². The van der Waals surface area contributed by atoms with Gasteiger partial charge in [0.2, 0.25) is 0 Å². The molecule has 7 heteroatoms. The molecule has 0 fully saturated rings. The molecule has 0 aliphatic heterocycles. The van der Waals surface area contributed by atoms with E-state index in [1.165, 1.54) is 6.07 Å². The molecule has 0 bridgehead atoms. The van der Waals surface area contributed by atoms with Crippen LogP contribution < -0.4 is 4.74 Å². The van der Waals surface area contributed by atoms with Crippen molar-refractivity contribution in [1.29, 1.82) is 0 Å². The Balaban J connectivity index is 2.19. The summed E-state index contributed by atoms with van der Waals surface area (Å²) >= 11 is 1.95. The molecule has 1 aromatic carbocycles. The van der Waals surface area contributed by atoms with Crippen LogP contribution >= 0.6 is 22.6 Å². The Hall–Kier alpha value is -0.930. The van der Waals surface area contributed by atoms with E-state index in [1.54, 1.807) is 12.1 Å². The third kappa shape index (κ3) is 8.25. The molecule has 1 rings (SSSR count). The van der Waals surface area contributed by atoms with Crippen LogP contribution in [-0.2, 0) is 0 Å². The summed E-state index contributed by atoms with van der Waals surface area (Å²) in [5, 5.41) is 19.8. The van der Waals surface area contributed by atoms with E-state index >= 15 is 0 Å². The number of unbranched alkanes of at least 4 members (excludes halogenated alkanes) is 3. The van der Waals surface area contributed by atoms with E-state index in [1.807, 2.05) is 22.6 Å². The predicted molar refractivity (Wildman–Crippen MR) is 103 cm³/mol. The fourth-order valence-corrected chi connectivity index (χ4v) is 3.05. The zero-order valence-electron chi connectivity index (χ0n) is 14.5. The van der Waals surface area contributed by atoms with Crippen molar-refractivity contribution >= 4 is 28.3 Å². The highest BCUT2D eigenvalue weighted by molar-refractivity contribution is 14.1. The summed E-state index contributed by atoms with van der Waals surface area (Å²) < 4.78 is 7.18. The van der Waals surface area contributed by atoms with Crippen LogP contribution in [0.25, 0.3) is 0 Å². The van der Waals surface area contributed by atoms with Crippen LogP contribution in [0.2, 0.25) is 0 Å². The first-order valence-electron chi connectivity index (χ1n) is 8.35. The largest absolute Gasteiger partial charge is 0.493 e. The van der Waals surface area contributed by atoms with E-state index in [4.69, 9.17) is 9.84 Å². The van der Waals surface area contributed by atoms with Gasteiger partial charge in [0.1, 0.15) is 5.75 Å². The SMILES string of the molecule is C[N+](C)(CCCO)CCCCCCOc1ccc(I)c([N+](=O)[O-])c1. The van der Waals surface area contributed by atoms with Gasteiger partial charge in [-0.1, -0.05) is 0 Å². The Morgan fingerprint density at radius 1 is 1.17 bits per heavy atom. The molecular formula is C17H28IN2O4+. The van der Waals surface area contributed by atoms with Gasteiger partial charge < -0.3 is 14.3 Å². The van der Waals surface area contributed by atoms with E-state index in [-0.39, 0.29) is 17.2 Å². The van der Waals surface area contributed by atoms with Crippen molar-refractivity contribution in [2.24, 2.45) is 0 Å². The Morgan fingerprint density at radius 2 is 1.83 bits per heavy atom. The molecule has 0 unspecified atom stereocenters. The number of nitro benzene ring substituents is 1. The second-order valence-corrected chi connectivity index (χ2v) is 7.76. The first kappa shape index (κ1) is 21.1. The number of halogens is 1. The molecule has 0 radical (unpaired) electrons. The maximum Gasteiger partial charge on any atom is 0.286 e. The smallest absolute Gasteiger partial charge is 0.286 e. The van der Waals surface area contributed by atoms with Gasteiger partial charge in [0.25, 0.3) is 5.69 Å². The van der Waals surface area contributed by atoms with E-state index in [2.05, 4.69) is 14.1 Å². The lowest BCUT2D eigenvalue weighted by atomic mass is 10.2. The third-order valence-corrected chi connectivity index (χ3v) is 4.87. The number of quaternary nitrogens is 1. The molecule has 0 saturated carbocycles. The fraction of sp³-hybridized carbons (Fsp3) is 0.647. The predicted octanol–water partition coefficient (Wildman–Crippen LogP) is 3.60. The Labute approximate surface area is 157 Å². The Morgan fingerprint density at radius 3 is 2.50 bits per heavy atom. The van der Waals surface area contributed by atoms with Gasteiger partial charge in [-0.05, 0) is 60.4 Å². The lowest BCUT2D eigenvalue weighted by molar-refractivity contribution is -0.890. The number of hydrogen-bond donors (Lipinski definition) is 1. The highest BCUT2D eigenvalue weighted by atomic mass is 127. The standard InChI is InChI=1S/C17H28IN2O4/c1-20(2,11-7-12-21)10-5-3-4-6-13-24-15-8-9-16(18)17(14-15)19(22)23/h8-9,14,21H,3-7,10-13H2,1-2H3/q+1. The number of nitro groups is 1. The van der Waals surface area contributed by atoms with E-state index in [0.29, 0.717) is 15.9 Å². The maximum absolute atomic E-state index is 10.9. The lowest BCUT2D eigenvalue weighted by Gasteiger charge is -2.29. The number of ether oxygens (including phenoxy) is 1. The van der Waals surface area contributed by atoms with Gasteiger partial charge in [0.15, 0.2) is 0 Å². The first-order valence-corrected chi connectivity index (χ1v) is 9.43. The number of benzene rings is 1. The van der Waals surface area contributed by atoms with Gasteiger partial charge in [0.05, 0.1) is 48.4 Å². The van der Waals surface area contributed by atoms with Crippen molar-refractivity contribution in [2.75, 3.05) is 40.4 Å². The summed E-state index contributed by atoms with van der Waals surface area (Å²) in [5.41, 5.74) is 0.0935. The second kappa shape index (κ2) is 10.8. The van der Waals surface area contributed by atoms with Gasteiger partial charge in [0, 0.05) is 13.0 Å². The summed E-state index contributed by atoms with van der Waals surface area (Å²) in [7, 11) is 4.39. The topological polar surface area (TPSA) is 72.6 Å². The summed E-state index contributed by atoms with van der Waals surface area (Å²) in [6.45, 7) is 2.96. The van der Waals surface area contributed by atoms with E-state index in [0.717, 1.165) is 49.7 Å². The molecule has 0 aliphatic carbocycles. The number of rotatable bonds is 12. The molecule has 0 atom stereocenters. The maximum atomic E-state index is 10.9. The normalized spacial score (nSPS) is 11.5. The average molecular weight is 451 g/mol. The van der Waals surface area contributed by atoms with Crippen LogP contribution in [-0.4, -0.2) is 54.9 Å². The fourth-order valence-electron chi connectivity index (χ4n) is 2.52. The molecule has 136 valence electrons. The monoisotopic (exact) mass is 451 g/mol. The van der Waals surface area contributed by atoms with Crippen LogP contribution in [0.5, 0.6) is 5.75 Å². The van der Waals surface area contributed by atoms with Crippen LogP contribution in [0, 0.1) is 13.7 Å². The van der Waals surface area contributed by atoms with Crippen molar-refractivity contribution in [2.45, 2.75) is 32.1 Å². The zero-order chi connectivity index (χ0) is 18.0. The lowest BCUT2D eigenvalue weighted by Crippen LogP contribution is -2.41. The summed E-state index contributed by atoms with van der Waals surface area (Å²) in [4.78, 5) is 10.5. The van der Waals surface area contributed by atoms with Gasteiger partial charge in [-0.3, -0.25) is 10.1 Å². The summed E-state index contributed by atoms with van der Waals surface area (Å²) in [6, 6.07) is 4.97. The van der Waals surface area contributed by atoms with Crippen LogP contribution in [0.4, 0.5) is 5.69 Å². The van der Waals surface area contributed by atoms with Crippen molar-refractivity contribution < 1.29 is 19.2 Å². The molecular weight excluding hydrogens is 423 g/mol. The molecule has 1 aromatic rings. The molecule has 6 nitrogen and oxygen atoms in total. The third-order valence-electron chi connectivity index (χ3n) is 3.96. The minimum atomic E-state index is -0.384. The molecule has 24 heavy (non-hydrogen) atoms. The van der Waals surface area contributed by atoms with Gasteiger partial charge >= 0.3 is 0 Å². The number of nitrogens with zero attached hydrogens (tertiary/aromatic N) is 2. The summed E-state index contributed by atoms with van der Waals surface area (Å²) in [5.74, 6) is 0.559. The van der Waals surface area contributed by atoms with Crippen LogP contribution in [0.1, 0.15) is 32.1 Å². The average Bonchev–Trinajstić information content (AvgIpc) is 2.53. The Kier molecular flexibility index (Phi) is 9.53. The van der Waals surface area contributed by atoms with Crippen molar-refractivity contribution in [1.82, 2.24) is 0 Å². The first-order chi connectivity index (χ1) is 11.4. The van der Waals surface area contributed by atoms with Gasteiger partial charge in [-0.15, -0.1) is 0 Å². The minimum absolute atomic E-state index is 0.0935. The highest BCUT2D eigenvalue weighted by Crippen LogP contribution is 2.26. The molecule has 0 aliphatic rings. The van der Waals surface area contributed by atoms with E-state index < -0.39 is 0 Å². The van der Waals surface area contributed by atoms with Crippen LogP contribution in [0.3, 0.4) is 0 Å². The number of hydrogen-bond acceptors (Lipinski definition) is 4. The summed E-state index contributed by atoms with van der Waals surface area (Å²) in [6.07, 6.45) is 5.20. The molecule has 1 N–H and O–H groups in total. The molecule has 0 heterocycles. The molecule has 0 amide bonds. The zero-order valence-corrected chi connectivity index (χ0v) is 16.7. The van der Waals surface area contributed by atoms with Crippen LogP contribution in [0.15, 0.2) is 18.2 Å². The minimum Gasteiger partial charge on any atom is -0.493 e. The number of aliphatic hydroxyl groups excluding tert-OH is 1.